The highest BCUT2D eigenvalue weighted by atomic mass is 16.4. The molecule has 86 valence electrons. The second-order valence-corrected chi connectivity index (χ2v) is 4.31. The van der Waals surface area contributed by atoms with Crippen molar-refractivity contribution in [2.45, 2.75) is 18.8 Å². The summed E-state index contributed by atoms with van der Waals surface area (Å²) in [4.78, 5) is 13.5. The van der Waals surface area contributed by atoms with E-state index in [1.54, 1.807) is 0 Å². The quantitative estimate of drug-likeness (QED) is 0.841. The normalized spacial score (nSPS) is 18.5. The molecule has 1 aromatic rings. The van der Waals surface area contributed by atoms with Gasteiger partial charge < -0.3 is 10.0 Å². The van der Waals surface area contributed by atoms with Crippen molar-refractivity contribution in [3.8, 4) is 0 Å². The van der Waals surface area contributed by atoms with Crippen LogP contribution in [0, 0.1) is 0 Å². The highest BCUT2D eigenvalue weighted by Gasteiger charge is 2.24. The van der Waals surface area contributed by atoms with Gasteiger partial charge in [-0.2, -0.15) is 0 Å². The third kappa shape index (κ3) is 2.61. The zero-order valence-corrected chi connectivity index (χ0v) is 9.30. The van der Waals surface area contributed by atoms with E-state index in [2.05, 4.69) is 4.90 Å². The van der Waals surface area contributed by atoms with E-state index in [-0.39, 0.29) is 5.92 Å². The van der Waals surface area contributed by atoms with Crippen LogP contribution < -0.4 is 0 Å². The lowest BCUT2D eigenvalue weighted by Gasteiger charge is -2.20. The van der Waals surface area contributed by atoms with Crippen LogP contribution in [0.5, 0.6) is 0 Å². The maximum absolute atomic E-state index is 11.3. The van der Waals surface area contributed by atoms with Crippen LogP contribution >= 0.6 is 0 Å². The Bertz CT molecular complexity index is 344. The average molecular weight is 219 g/mol. The minimum Gasteiger partial charge on any atom is -0.481 e. The molecule has 16 heavy (non-hydrogen) atoms. The molecule has 0 saturated carbocycles. The second-order valence-electron chi connectivity index (χ2n) is 4.31. The largest absolute Gasteiger partial charge is 0.481 e. The zero-order chi connectivity index (χ0) is 11.4. The molecule has 0 spiro atoms. The van der Waals surface area contributed by atoms with Crippen molar-refractivity contribution in [2.24, 2.45) is 0 Å². The Balaban J connectivity index is 2.08. The maximum atomic E-state index is 11.3. The Kier molecular flexibility index (Phi) is 3.57. The van der Waals surface area contributed by atoms with Crippen LogP contribution in [0.2, 0.25) is 0 Å². The van der Waals surface area contributed by atoms with Gasteiger partial charge in [-0.25, -0.2) is 0 Å². The molecule has 0 unspecified atom stereocenters. The van der Waals surface area contributed by atoms with Gasteiger partial charge >= 0.3 is 5.97 Å². The molecular weight excluding hydrogens is 202 g/mol. The summed E-state index contributed by atoms with van der Waals surface area (Å²) in [6.45, 7) is 2.71. The number of hydrogen-bond donors (Lipinski definition) is 1. The molecule has 3 nitrogen and oxygen atoms in total. The number of nitrogens with zero attached hydrogens (tertiary/aromatic N) is 1. The molecule has 1 atom stereocenters. The van der Waals surface area contributed by atoms with Crippen LogP contribution in [-0.4, -0.2) is 35.6 Å². The summed E-state index contributed by atoms with van der Waals surface area (Å²) in [6, 6.07) is 9.51. The van der Waals surface area contributed by atoms with Crippen molar-refractivity contribution >= 4 is 5.97 Å². The maximum Gasteiger partial charge on any atom is 0.312 e. The number of aliphatic carboxylic acids is 1. The fourth-order valence-electron chi connectivity index (χ4n) is 2.23. The van der Waals surface area contributed by atoms with Crippen molar-refractivity contribution in [3.63, 3.8) is 0 Å². The predicted octanol–water partition coefficient (Wildman–Crippen LogP) is 1.95. The van der Waals surface area contributed by atoms with Crippen molar-refractivity contribution in [2.75, 3.05) is 19.6 Å². The topological polar surface area (TPSA) is 40.5 Å². The van der Waals surface area contributed by atoms with Crippen molar-refractivity contribution < 1.29 is 9.90 Å². The van der Waals surface area contributed by atoms with Crippen molar-refractivity contribution in [3.05, 3.63) is 35.9 Å². The molecular formula is C13H17NO2. The molecule has 0 aromatic heterocycles. The molecule has 1 saturated heterocycles. The smallest absolute Gasteiger partial charge is 0.312 e. The first-order valence-corrected chi connectivity index (χ1v) is 5.77. The lowest BCUT2D eigenvalue weighted by atomic mass is 9.99. The molecule has 2 rings (SSSR count). The molecule has 1 aliphatic heterocycles. The van der Waals surface area contributed by atoms with Crippen LogP contribution in [-0.2, 0) is 4.79 Å². The standard InChI is InChI=1S/C13H17NO2/c15-13(16)12(10-14-8-4-5-9-14)11-6-2-1-3-7-11/h1-3,6-7,12H,4-5,8-10H2,(H,15,16)/t12-/m0/s1. The molecule has 0 aliphatic carbocycles. The summed E-state index contributed by atoms with van der Waals surface area (Å²) in [5, 5.41) is 9.26. The van der Waals surface area contributed by atoms with E-state index in [0.29, 0.717) is 6.54 Å². The van der Waals surface area contributed by atoms with Crippen LogP contribution in [0.25, 0.3) is 0 Å². The molecule has 0 radical (unpaired) electrons. The van der Waals surface area contributed by atoms with Crippen LogP contribution in [0.3, 0.4) is 0 Å². The molecule has 3 heteroatoms. The first-order chi connectivity index (χ1) is 7.77. The van der Waals surface area contributed by atoms with E-state index in [0.717, 1.165) is 18.7 Å². The summed E-state index contributed by atoms with van der Waals surface area (Å²) in [5.74, 6) is -1.11. The fraction of sp³-hybridized carbons (Fsp3) is 0.462. The summed E-state index contributed by atoms with van der Waals surface area (Å²) in [7, 11) is 0. The Morgan fingerprint density at radius 2 is 1.88 bits per heavy atom. The van der Waals surface area contributed by atoms with E-state index in [1.165, 1.54) is 12.8 Å². The van der Waals surface area contributed by atoms with Gasteiger partial charge in [-0.3, -0.25) is 4.79 Å². The molecule has 1 fully saturated rings. The Labute approximate surface area is 95.7 Å². The minimum atomic E-state index is -0.724. The van der Waals surface area contributed by atoms with Gasteiger partial charge in [-0.15, -0.1) is 0 Å². The van der Waals surface area contributed by atoms with Gasteiger partial charge in [0.15, 0.2) is 0 Å². The number of likely N-dealkylation sites (tertiary alicyclic amines) is 1. The summed E-state index contributed by atoms with van der Waals surface area (Å²) in [6.07, 6.45) is 2.39. The number of benzene rings is 1. The molecule has 0 amide bonds. The Morgan fingerprint density at radius 3 is 2.44 bits per heavy atom. The number of rotatable bonds is 4. The van der Waals surface area contributed by atoms with Gasteiger partial charge in [-0.05, 0) is 31.5 Å². The SMILES string of the molecule is O=C(O)[C@@H](CN1CCCC1)c1ccccc1. The average Bonchev–Trinajstić information content (AvgIpc) is 2.79. The lowest BCUT2D eigenvalue weighted by Crippen LogP contribution is -2.29. The molecule has 1 aliphatic rings. The van der Waals surface area contributed by atoms with E-state index in [4.69, 9.17) is 0 Å². The third-order valence-electron chi connectivity index (χ3n) is 3.14. The Hall–Kier alpha value is -1.35. The van der Waals surface area contributed by atoms with Crippen molar-refractivity contribution in [1.82, 2.24) is 4.90 Å². The number of carboxylic acid groups (broad SMARTS) is 1. The van der Waals surface area contributed by atoms with Crippen LogP contribution in [0.1, 0.15) is 24.3 Å². The van der Waals surface area contributed by atoms with E-state index in [9.17, 15) is 9.90 Å². The highest BCUT2D eigenvalue weighted by molar-refractivity contribution is 5.76. The lowest BCUT2D eigenvalue weighted by molar-refractivity contribution is -0.139. The van der Waals surface area contributed by atoms with Crippen LogP contribution in [0.15, 0.2) is 30.3 Å². The predicted molar refractivity (Wildman–Crippen MR) is 62.5 cm³/mol. The number of hydrogen-bond acceptors (Lipinski definition) is 2. The summed E-state index contributed by atoms with van der Waals surface area (Å²) >= 11 is 0. The first-order valence-electron chi connectivity index (χ1n) is 5.77. The molecule has 1 aromatic carbocycles. The second kappa shape index (κ2) is 5.12. The zero-order valence-electron chi connectivity index (χ0n) is 9.30. The fourth-order valence-corrected chi connectivity index (χ4v) is 2.23. The van der Waals surface area contributed by atoms with Crippen molar-refractivity contribution in [1.29, 1.82) is 0 Å². The monoisotopic (exact) mass is 219 g/mol. The van der Waals surface area contributed by atoms with Gasteiger partial charge in [-0.1, -0.05) is 30.3 Å². The van der Waals surface area contributed by atoms with E-state index < -0.39 is 5.97 Å². The number of carbonyl (C=O) groups is 1. The molecule has 1 N–H and O–H groups in total. The van der Waals surface area contributed by atoms with Crippen LogP contribution in [0.4, 0.5) is 0 Å². The molecule has 1 heterocycles. The third-order valence-corrected chi connectivity index (χ3v) is 3.14. The summed E-state index contributed by atoms with van der Waals surface area (Å²) < 4.78 is 0. The first kappa shape index (κ1) is 11.1. The van der Waals surface area contributed by atoms with Gasteiger partial charge in [0.1, 0.15) is 0 Å². The highest BCUT2D eigenvalue weighted by Crippen LogP contribution is 2.19. The molecule has 0 bridgehead atoms. The van der Waals surface area contributed by atoms with E-state index >= 15 is 0 Å². The minimum absolute atomic E-state index is 0.390. The van der Waals surface area contributed by atoms with Gasteiger partial charge in [0.25, 0.3) is 0 Å². The number of carboxylic acids is 1. The van der Waals surface area contributed by atoms with Gasteiger partial charge in [0.2, 0.25) is 0 Å². The van der Waals surface area contributed by atoms with Gasteiger partial charge in [0.05, 0.1) is 5.92 Å². The van der Waals surface area contributed by atoms with E-state index in [1.807, 2.05) is 30.3 Å². The summed E-state index contributed by atoms with van der Waals surface area (Å²) in [5.41, 5.74) is 0.905. The van der Waals surface area contributed by atoms with Gasteiger partial charge in [0, 0.05) is 6.54 Å². The Morgan fingerprint density at radius 1 is 1.25 bits per heavy atom.